The molecule has 0 saturated carbocycles. The lowest BCUT2D eigenvalue weighted by Gasteiger charge is -2.28. The number of aryl methyl sites for hydroxylation is 2. The van der Waals surface area contributed by atoms with Gasteiger partial charge in [0.2, 0.25) is 15.9 Å². The number of anilines is 1. The molecule has 0 saturated heterocycles. The normalized spacial score (nSPS) is 13.7. The number of amides is 1. The number of nitrogens with one attached hydrogen (secondary N) is 1. The first-order valence-corrected chi connectivity index (χ1v) is 11.3. The summed E-state index contributed by atoms with van der Waals surface area (Å²) in [5, 5.41) is 3.88. The van der Waals surface area contributed by atoms with Gasteiger partial charge < -0.3 is 9.26 Å². The zero-order valence-corrected chi connectivity index (χ0v) is 18.0. The summed E-state index contributed by atoms with van der Waals surface area (Å²) in [6, 6.07) is 12.0. The van der Waals surface area contributed by atoms with Crippen molar-refractivity contribution in [3.8, 4) is 5.75 Å². The molecular formula is C21H22N4O5S. The number of nitrogens with zero attached hydrogens (tertiary/aromatic N) is 3. The molecule has 1 aliphatic heterocycles. The van der Waals surface area contributed by atoms with E-state index in [0.29, 0.717) is 29.6 Å². The van der Waals surface area contributed by atoms with Crippen LogP contribution in [0.25, 0.3) is 0 Å². The molecule has 9 nitrogen and oxygen atoms in total. The fourth-order valence-corrected chi connectivity index (χ4v) is 4.25. The highest BCUT2D eigenvalue weighted by Gasteiger charge is 2.29. The second-order valence-electron chi connectivity index (χ2n) is 7.11. The highest BCUT2D eigenvalue weighted by Crippen LogP contribution is 2.35. The van der Waals surface area contributed by atoms with Gasteiger partial charge in [-0.25, -0.2) is 13.1 Å². The number of aromatic nitrogens is 2. The van der Waals surface area contributed by atoms with E-state index in [4.69, 9.17) is 9.26 Å². The summed E-state index contributed by atoms with van der Waals surface area (Å²) in [6.07, 6.45) is 0.579. The number of fused-ring (bicyclic) bond motifs is 1. The predicted octanol–water partition coefficient (Wildman–Crippen LogP) is 2.34. The zero-order valence-electron chi connectivity index (χ0n) is 17.2. The molecule has 0 bridgehead atoms. The first kappa shape index (κ1) is 21.0. The molecule has 1 amide bonds. The Morgan fingerprint density at radius 1 is 1.19 bits per heavy atom. The van der Waals surface area contributed by atoms with Gasteiger partial charge in [-0.05, 0) is 36.2 Å². The molecule has 0 spiro atoms. The maximum absolute atomic E-state index is 12.9. The van der Waals surface area contributed by atoms with Crippen molar-refractivity contribution in [3.63, 3.8) is 0 Å². The van der Waals surface area contributed by atoms with Crippen LogP contribution in [0.5, 0.6) is 5.75 Å². The molecule has 2 aromatic carbocycles. The lowest BCUT2D eigenvalue weighted by molar-refractivity contribution is -0.121. The maximum Gasteiger partial charge on any atom is 0.265 e. The molecule has 0 radical (unpaired) electrons. The van der Waals surface area contributed by atoms with E-state index in [1.54, 1.807) is 6.07 Å². The van der Waals surface area contributed by atoms with Gasteiger partial charge in [0.15, 0.2) is 12.4 Å². The van der Waals surface area contributed by atoms with Crippen molar-refractivity contribution in [2.24, 2.45) is 0 Å². The van der Waals surface area contributed by atoms with Gasteiger partial charge in [-0.15, -0.1) is 0 Å². The summed E-state index contributed by atoms with van der Waals surface area (Å²) in [5.74, 6) is 0.895. The summed E-state index contributed by atoms with van der Waals surface area (Å²) >= 11 is 0. The number of carbonyl (C=O) groups excluding carboxylic acids is 1. The number of carbonyl (C=O) groups is 1. The first-order valence-electron chi connectivity index (χ1n) is 9.80. The maximum atomic E-state index is 12.9. The summed E-state index contributed by atoms with van der Waals surface area (Å²) < 4.78 is 39.0. The van der Waals surface area contributed by atoms with Crippen molar-refractivity contribution in [1.29, 1.82) is 0 Å². The van der Waals surface area contributed by atoms with Crippen molar-refractivity contribution in [2.75, 3.05) is 11.5 Å². The topological polar surface area (TPSA) is 115 Å². The third-order valence-electron chi connectivity index (χ3n) is 5.01. The Bertz CT molecular complexity index is 1220. The minimum atomic E-state index is -3.82. The van der Waals surface area contributed by atoms with Crippen LogP contribution in [-0.4, -0.2) is 31.1 Å². The molecule has 0 fully saturated rings. The average Bonchev–Trinajstić information content (AvgIpc) is 3.22. The van der Waals surface area contributed by atoms with E-state index in [0.717, 1.165) is 11.1 Å². The summed E-state index contributed by atoms with van der Waals surface area (Å²) in [4.78, 5) is 18.2. The summed E-state index contributed by atoms with van der Waals surface area (Å²) in [5.41, 5.74) is 2.22. The number of rotatable bonds is 7. The van der Waals surface area contributed by atoms with Crippen LogP contribution in [0, 0.1) is 6.92 Å². The molecular weight excluding hydrogens is 420 g/mol. The molecule has 0 unspecified atom stereocenters. The van der Waals surface area contributed by atoms with Crippen LogP contribution in [0.4, 0.5) is 5.69 Å². The van der Waals surface area contributed by atoms with Gasteiger partial charge in [0.05, 0.1) is 17.1 Å². The van der Waals surface area contributed by atoms with Crippen LogP contribution >= 0.6 is 0 Å². The molecule has 1 N–H and O–H groups in total. The third kappa shape index (κ3) is 4.44. The molecule has 4 rings (SSSR count). The highest BCUT2D eigenvalue weighted by atomic mass is 32.2. The molecule has 1 aliphatic rings. The quantitative estimate of drug-likeness (QED) is 0.597. The van der Waals surface area contributed by atoms with Crippen LogP contribution in [0.2, 0.25) is 0 Å². The number of ether oxygens (including phenoxy) is 1. The summed E-state index contributed by atoms with van der Waals surface area (Å²) in [7, 11) is -3.82. The van der Waals surface area contributed by atoms with Gasteiger partial charge in [-0.3, -0.25) is 9.69 Å². The molecule has 162 valence electrons. The molecule has 0 atom stereocenters. The standard InChI is InChI=1S/C21H22N4O5S/c1-3-20-23-19(24-30-20)12-25-17-10-16(8-9-18(17)29-13-21(25)26)31(27,28)22-11-15-7-5-4-6-14(15)2/h4-10,22H,3,11-13H2,1-2H3. The fraction of sp³-hybridized carbons (Fsp3) is 0.286. The molecule has 0 aliphatic carbocycles. The van der Waals surface area contributed by atoms with E-state index in [1.165, 1.54) is 17.0 Å². The van der Waals surface area contributed by atoms with Gasteiger partial charge in [0, 0.05) is 13.0 Å². The van der Waals surface area contributed by atoms with E-state index in [9.17, 15) is 13.2 Å². The van der Waals surface area contributed by atoms with Crippen molar-refractivity contribution < 1.29 is 22.5 Å². The number of hydrogen-bond donors (Lipinski definition) is 1. The Kier molecular flexibility index (Phi) is 5.75. The monoisotopic (exact) mass is 442 g/mol. The van der Waals surface area contributed by atoms with Crippen molar-refractivity contribution in [1.82, 2.24) is 14.9 Å². The number of sulfonamides is 1. The van der Waals surface area contributed by atoms with Gasteiger partial charge in [0.1, 0.15) is 5.75 Å². The average molecular weight is 442 g/mol. The van der Waals surface area contributed by atoms with E-state index in [2.05, 4.69) is 14.9 Å². The van der Waals surface area contributed by atoms with E-state index < -0.39 is 10.0 Å². The van der Waals surface area contributed by atoms with Gasteiger partial charge in [-0.2, -0.15) is 4.98 Å². The molecule has 10 heteroatoms. The van der Waals surface area contributed by atoms with Gasteiger partial charge >= 0.3 is 0 Å². The Labute approximate surface area is 180 Å². The minimum Gasteiger partial charge on any atom is -0.482 e. The van der Waals surface area contributed by atoms with Crippen LogP contribution in [0.1, 0.15) is 29.8 Å². The van der Waals surface area contributed by atoms with Crippen LogP contribution < -0.4 is 14.4 Å². The van der Waals surface area contributed by atoms with Crippen molar-refractivity contribution in [3.05, 3.63) is 65.3 Å². The lowest BCUT2D eigenvalue weighted by Crippen LogP contribution is -2.38. The van der Waals surface area contributed by atoms with Crippen LogP contribution in [0.3, 0.4) is 0 Å². The molecule has 3 aromatic rings. The molecule has 1 aromatic heterocycles. The van der Waals surface area contributed by atoms with Crippen molar-refractivity contribution >= 4 is 21.6 Å². The lowest BCUT2D eigenvalue weighted by atomic mass is 10.1. The Hall–Kier alpha value is -3.24. The predicted molar refractivity (Wildman–Crippen MR) is 112 cm³/mol. The van der Waals surface area contributed by atoms with Crippen LogP contribution in [-0.2, 0) is 34.3 Å². The molecule has 2 heterocycles. The largest absolute Gasteiger partial charge is 0.482 e. The van der Waals surface area contributed by atoms with E-state index >= 15 is 0 Å². The second kappa shape index (κ2) is 8.48. The highest BCUT2D eigenvalue weighted by molar-refractivity contribution is 7.89. The number of benzene rings is 2. The third-order valence-corrected chi connectivity index (χ3v) is 6.41. The van der Waals surface area contributed by atoms with E-state index in [-0.39, 0.29) is 30.5 Å². The Morgan fingerprint density at radius 3 is 2.74 bits per heavy atom. The van der Waals surface area contributed by atoms with Crippen molar-refractivity contribution in [2.45, 2.75) is 38.3 Å². The van der Waals surface area contributed by atoms with Crippen LogP contribution in [0.15, 0.2) is 51.9 Å². The smallest absolute Gasteiger partial charge is 0.265 e. The van der Waals surface area contributed by atoms with Gasteiger partial charge in [-0.1, -0.05) is 36.3 Å². The second-order valence-corrected chi connectivity index (χ2v) is 8.87. The Balaban J connectivity index is 1.60. The van der Waals surface area contributed by atoms with E-state index in [1.807, 2.05) is 38.1 Å². The Morgan fingerprint density at radius 2 is 2.00 bits per heavy atom. The fourth-order valence-electron chi connectivity index (χ4n) is 3.23. The minimum absolute atomic E-state index is 0.0329. The first-order chi connectivity index (χ1) is 14.9. The molecule has 31 heavy (non-hydrogen) atoms. The van der Waals surface area contributed by atoms with Gasteiger partial charge in [0.25, 0.3) is 5.91 Å². The zero-order chi connectivity index (χ0) is 22.0. The summed E-state index contributed by atoms with van der Waals surface area (Å²) in [6.45, 7) is 3.87. The number of hydrogen-bond acceptors (Lipinski definition) is 7. The SMILES string of the molecule is CCc1nc(CN2C(=O)COc3ccc(S(=O)(=O)NCc4ccccc4C)cc32)no1.